The SMILES string of the molecule is CCOC(=O)[C@]12C(=C(c3ccccc3)OC3OCCCC31)C(=O)C(=O)N2c1ccccc1. The van der Waals surface area contributed by atoms with Crippen molar-refractivity contribution >= 4 is 29.1 Å². The summed E-state index contributed by atoms with van der Waals surface area (Å²) in [5, 5.41) is 0. The van der Waals surface area contributed by atoms with E-state index in [-0.39, 0.29) is 17.9 Å². The number of carbonyl (C=O) groups excluding carboxylic acids is 3. The molecule has 0 N–H and O–H groups in total. The number of amides is 1. The number of Topliss-reactive ketones (excluding diaryl/α,β-unsaturated/α-hetero) is 1. The van der Waals surface area contributed by atoms with E-state index in [1.54, 1.807) is 43.3 Å². The van der Waals surface area contributed by atoms with E-state index in [2.05, 4.69) is 0 Å². The lowest BCUT2D eigenvalue weighted by Crippen LogP contribution is -2.64. The summed E-state index contributed by atoms with van der Waals surface area (Å²) in [5.41, 5.74) is -0.588. The average Bonchev–Trinajstić information content (AvgIpc) is 3.08. The Hall–Kier alpha value is -3.45. The van der Waals surface area contributed by atoms with Crippen LogP contribution in [0.4, 0.5) is 5.69 Å². The first-order valence-corrected chi connectivity index (χ1v) is 10.8. The van der Waals surface area contributed by atoms with Crippen LogP contribution in [0.15, 0.2) is 66.2 Å². The fraction of sp³-hybridized carbons (Fsp3) is 0.320. The van der Waals surface area contributed by atoms with Crippen molar-refractivity contribution in [1.82, 2.24) is 0 Å². The van der Waals surface area contributed by atoms with Gasteiger partial charge in [-0.2, -0.15) is 0 Å². The molecule has 7 heteroatoms. The third kappa shape index (κ3) is 2.81. The normalized spacial score (nSPS) is 27.0. The first-order valence-electron chi connectivity index (χ1n) is 10.8. The average molecular weight is 433 g/mol. The highest BCUT2D eigenvalue weighted by Crippen LogP contribution is 2.53. The van der Waals surface area contributed by atoms with Crippen molar-refractivity contribution in [2.75, 3.05) is 18.1 Å². The quantitative estimate of drug-likeness (QED) is 0.544. The van der Waals surface area contributed by atoms with Gasteiger partial charge >= 0.3 is 11.9 Å². The fourth-order valence-electron chi connectivity index (χ4n) is 5.02. The lowest BCUT2D eigenvalue weighted by atomic mass is 9.71. The van der Waals surface area contributed by atoms with Gasteiger partial charge in [-0.15, -0.1) is 0 Å². The molecule has 0 aromatic heterocycles. The summed E-state index contributed by atoms with van der Waals surface area (Å²) in [6.07, 6.45) is 0.417. The first-order chi connectivity index (χ1) is 15.6. The van der Waals surface area contributed by atoms with Crippen LogP contribution in [-0.4, -0.2) is 42.7 Å². The number of esters is 1. The summed E-state index contributed by atoms with van der Waals surface area (Å²) < 4.78 is 17.7. The number of ether oxygens (including phenoxy) is 3. The fourth-order valence-corrected chi connectivity index (χ4v) is 5.02. The molecule has 2 unspecified atom stereocenters. The van der Waals surface area contributed by atoms with Crippen LogP contribution in [0.3, 0.4) is 0 Å². The molecule has 3 aliphatic rings. The Morgan fingerprint density at radius 3 is 2.47 bits per heavy atom. The Labute approximate surface area is 185 Å². The van der Waals surface area contributed by atoms with Crippen LogP contribution >= 0.6 is 0 Å². The number of hydrogen-bond donors (Lipinski definition) is 0. The van der Waals surface area contributed by atoms with E-state index in [4.69, 9.17) is 14.2 Å². The molecular formula is C25H23NO6. The van der Waals surface area contributed by atoms with Crippen molar-refractivity contribution in [1.29, 1.82) is 0 Å². The molecule has 3 heterocycles. The lowest BCUT2D eigenvalue weighted by molar-refractivity contribution is -0.189. The van der Waals surface area contributed by atoms with Gasteiger partial charge in [0.1, 0.15) is 5.76 Å². The van der Waals surface area contributed by atoms with Crippen molar-refractivity contribution in [2.45, 2.75) is 31.6 Å². The number of benzene rings is 2. The molecule has 0 saturated carbocycles. The number of ketones is 1. The third-order valence-electron chi connectivity index (χ3n) is 6.26. The predicted octanol–water partition coefficient (Wildman–Crippen LogP) is 3.10. The number of nitrogens with zero attached hydrogens (tertiary/aromatic N) is 1. The number of fused-ring (bicyclic) bond motifs is 3. The largest absolute Gasteiger partial charge is 0.464 e. The zero-order valence-electron chi connectivity index (χ0n) is 17.7. The van der Waals surface area contributed by atoms with E-state index >= 15 is 0 Å². The molecule has 2 aromatic rings. The van der Waals surface area contributed by atoms with Crippen LogP contribution in [0.1, 0.15) is 25.3 Å². The van der Waals surface area contributed by atoms with Gasteiger partial charge in [0.2, 0.25) is 6.29 Å². The number of carbonyl (C=O) groups is 3. The van der Waals surface area contributed by atoms with Gasteiger partial charge in [0, 0.05) is 11.3 Å². The second-order valence-corrected chi connectivity index (χ2v) is 7.97. The minimum atomic E-state index is -1.67. The van der Waals surface area contributed by atoms with Crippen LogP contribution in [0.5, 0.6) is 0 Å². The zero-order valence-corrected chi connectivity index (χ0v) is 17.7. The van der Waals surface area contributed by atoms with E-state index in [9.17, 15) is 14.4 Å². The maximum atomic E-state index is 13.8. The van der Waals surface area contributed by atoms with E-state index < -0.39 is 35.4 Å². The van der Waals surface area contributed by atoms with Crippen LogP contribution in [-0.2, 0) is 28.6 Å². The highest BCUT2D eigenvalue weighted by atomic mass is 16.7. The van der Waals surface area contributed by atoms with Gasteiger partial charge in [-0.25, -0.2) is 4.79 Å². The molecule has 2 aromatic carbocycles. The van der Waals surface area contributed by atoms with E-state index in [0.717, 1.165) is 0 Å². The highest BCUT2D eigenvalue weighted by molar-refractivity contribution is 6.54. The van der Waals surface area contributed by atoms with Crippen molar-refractivity contribution in [3.8, 4) is 0 Å². The Balaban J connectivity index is 1.85. The first kappa shape index (κ1) is 20.5. The molecule has 2 saturated heterocycles. The maximum Gasteiger partial charge on any atom is 0.338 e. The maximum absolute atomic E-state index is 13.8. The summed E-state index contributed by atoms with van der Waals surface area (Å²) in [7, 11) is 0. The monoisotopic (exact) mass is 433 g/mol. The summed E-state index contributed by atoms with van der Waals surface area (Å²) in [6.45, 7) is 2.28. The second-order valence-electron chi connectivity index (χ2n) is 7.97. The van der Waals surface area contributed by atoms with Crippen molar-refractivity contribution < 1.29 is 28.6 Å². The standard InChI is InChI=1S/C25H23NO6/c1-2-30-24(29)25-18-14-9-15-31-23(18)32-21(16-10-5-3-6-11-16)19(25)20(27)22(28)26(25)17-12-7-4-8-13-17/h3-8,10-13,18,23H,2,9,14-15H2,1H3/t18?,23?,25-/m1/s1. The third-order valence-corrected chi connectivity index (χ3v) is 6.26. The molecule has 0 bridgehead atoms. The topological polar surface area (TPSA) is 82.1 Å². The molecule has 164 valence electrons. The van der Waals surface area contributed by atoms with Gasteiger partial charge in [-0.05, 0) is 31.9 Å². The predicted molar refractivity (Wildman–Crippen MR) is 115 cm³/mol. The van der Waals surface area contributed by atoms with Crippen LogP contribution < -0.4 is 4.90 Å². The zero-order chi connectivity index (χ0) is 22.3. The summed E-state index contributed by atoms with van der Waals surface area (Å²) >= 11 is 0. The van der Waals surface area contributed by atoms with E-state index in [1.165, 1.54) is 4.90 Å². The molecule has 2 fully saturated rings. The smallest absolute Gasteiger partial charge is 0.338 e. The Bertz CT molecular complexity index is 1100. The number of rotatable bonds is 4. The van der Waals surface area contributed by atoms with Gasteiger partial charge in [-0.1, -0.05) is 48.5 Å². The molecule has 5 rings (SSSR count). The Kier molecular flexibility index (Phi) is 5.06. The Morgan fingerprint density at radius 1 is 1.09 bits per heavy atom. The number of hydrogen-bond acceptors (Lipinski definition) is 6. The molecule has 7 nitrogen and oxygen atoms in total. The Morgan fingerprint density at radius 2 is 1.78 bits per heavy atom. The van der Waals surface area contributed by atoms with Gasteiger partial charge in [0.05, 0.1) is 24.7 Å². The van der Waals surface area contributed by atoms with Crippen molar-refractivity contribution in [2.24, 2.45) is 5.92 Å². The molecule has 0 aliphatic carbocycles. The van der Waals surface area contributed by atoms with E-state index in [1.807, 2.05) is 24.3 Å². The summed E-state index contributed by atoms with van der Waals surface area (Å²) in [4.78, 5) is 42.1. The van der Waals surface area contributed by atoms with Crippen LogP contribution in [0.2, 0.25) is 0 Å². The molecule has 1 amide bonds. The van der Waals surface area contributed by atoms with Crippen LogP contribution in [0.25, 0.3) is 5.76 Å². The lowest BCUT2D eigenvalue weighted by Gasteiger charge is -2.49. The minimum Gasteiger partial charge on any atom is -0.464 e. The summed E-state index contributed by atoms with van der Waals surface area (Å²) in [6, 6.07) is 17.8. The van der Waals surface area contributed by atoms with E-state index in [0.29, 0.717) is 30.7 Å². The van der Waals surface area contributed by atoms with Gasteiger partial charge in [0.25, 0.3) is 5.78 Å². The molecule has 3 atom stereocenters. The number of anilines is 1. The van der Waals surface area contributed by atoms with Gasteiger partial charge in [-0.3, -0.25) is 14.5 Å². The van der Waals surface area contributed by atoms with Crippen molar-refractivity contribution in [3.05, 3.63) is 71.8 Å². The van der Waals surface area contributed by atoms with Crippen molar-refractivity contribution in [3.63, 3.8) is 0 Å². The summed E-state index contributed by atoms with van der Waals surface area (Å²) in [5.74, 6) is -2.57. The van der Waals surface area contributed by atoms with Gasteiger partial charge in [0.15, 0.2) is 5.54 Å². The van der Waals surface area contributed by atoms with Gasteiger partial charge < -0.3 is 14.2 Å². The second kappa shape index (κ2) is 7.91. The molecule has 32 heavy (non-hydrogen) atoms. The molecule has 0 radical (unpaired) electrons. The van der Waals surface area contributed by atoms with Crippen LogP contribution in [0, 0.1) is 5.92 Å². The minimum absolute atomic E-state index is 0.0303. The molecule has 3 aliphatic heterocycles. The molecular weight excluding hydrogens is 410 g/mol. The number of para-hydroxylation sites is 1. The highest BCUT2D eigenvalue weighted by Gasteiger charge is 2.70. The molecule has 0 spiro atoms.